The fraction of sp³-hybridized carbons (Fsp3) is 0.231. The van der Waals surface area contributed by atoms with Gasteiger partial charge in [0.15, 0.2) is 0 Å². The highest BCUT2D eigenvalue weighted by Crippen LogP contribution is 2.33. The number of nitrogens with zero attached hydrogens (tertiary/aromatic N) is 1. The number of benzene rings is 1. The number of thioether (sulfide) groups is 1. The van der Waals surface area contributed by atoms with Crippen molar-refractivity contribution in [3.63, 3.8) is 0 Å². The third kappa shape index (κ3) is 2.84. The summed E-state index contributed by atoms with van der Waals surface area (Å²) in [5.41, 5.74) is 0.994. The highest BCUT2D eigenvalue weighted by molar-refractivity contribution is 9.10. The van der Waals surface area contributed by atoms with Crippen LogP contribution >= 0.6 is 39.9 Å². The van der Waals surface area contributed by atoms with Gasteiger partial charge in [-0.3, -0.25) is 9.69 Å². The highest BCUT2D eigenvalue weighted by Gasteiger charge is 2.33. The van der Waals surface area contributed by atoms with Gasteiger partial charge in [-0.2, -0.15) is 0 Å². The summed E-state index contributed by atoms with van der Waals surface area (Å²) < 4.78 is 1.63. The molecule has 94 valence electrons. The number of hydrogen-bond acceptors (Lipinski definition) is 3. The lowest BCUT2D eigenvalue weighted by molar-refractivity contribution is -0.123. The van der Waals surface area contributed by atoms with E-state index in [1.165, 1.54) is 11.8 Å². The standard InChI is InChI=1S/C13H12BrNOS2/c1-8(2)15-12(16)11(18-13(15)17)7-9-4-3-5-10(14)6-9/h3-8H,1-2H3/b11-7-. The quantitative estimate of drug-likeness (QED) is 0.597. The van der Waals surface area contributed by atoms with Gasteiger partial charge in [-0.1, -0.05) is 52.0 Å². The Morgan fingerprint density at radius 3 is 2.72 bits per heavy atom. The minimum Gasteiger partial charge on any atom is -0.290 e. The Kier molecular flexibility index (Phi) is 4.25. The van der Waals surface area contributed by atoms with Crippen molar-refractivity contribution in [2.75, 3.05) is 0 Å². The van der Waals surface area contributed by atoms with E-state index in [-0.39, 0.29) is 11.9 Å². The van der Waals surface area contributed by atoms with Gasteiger partial charge >= 0.3 is 0 Å². The monoisotopic (exact) mass is 341 g/mol. The van der Waals surface area contributed by atoms with Crippen LogP contribution in [0.4, 0.5) is 0 Å². The van der Waals surface area contributed by atoms with E-state index in [4.69, 9.17) is 12.2 Å². The van der Waals surface area contributed by atoms with Crippen LogP contribution in [0.1, 0.15) is 19.4 Å². The van der Waals surface area contributed by atoms with E-state index >= 15 is 0 Å². The lowest BCUT2D eigenvalue weighted by Gasteiger charge is -2.18. The molecule has 0 atom stereocenters. The van der Waals surface area contributed by atoms with Crippen LogP contribution in [0.5, 0.6) is 0 Å². The zero-order valence-electron chi connectivity index (χ0n) is 10.0. The molecule has 1 aromatic carbocycles. The van der Waals surface area contributed by atoms with E-state index in [1.54, 1.807) is 4.90 Å². The highest BCUT2D eigenvalue weighted by atomic mass is 79.9. The third-order valence-electron chi connectivity index (χ3n) is 2.49. The predicted molar refractivity (Wildman–Crippen MR) is 84.3 cm³/mol. The molecule has 1 heterocycles. The molecule has 1 aliphatic rings. The molecule has 2 rings (SSSR count). The van der Waals surface area contributed by atoms with Gasteiger partial charge in [-0.15, -0.1) is 0 Å². The summed E-state index contributed by atoms with van der Waals surface area (Å²) in [6.07, 6.45) is 1.88. The van der Waals surface area contributed by atoms with E-state index in [0.717, 1.165) is 10.0 Å². The first kappa shape index (κ1) is 13.8. The van der Waals surface area contributed by atoms with Gasteiger partial charge in [0.2, 0.25) is 0 Å². The zero-order chi connectivity index (χ0) is 13.3. The molecule has 0 aliphatic carbocycles. The summed E-state index contributed by atoms with van der Waals surface area (Å²) in [5.74, 6) is -0.0000227. The lowest BCUT2D eigenvalue weighted by atomic mass is 10.2. The smallest absolute Gasteiger partial charge is 0.266 e. The van der Waals surface area contributed by atoms with Crippen LogP contribution in [0.2, 0.25) is 0 Å². The summed E-state index contributed by atoms with van der Waals surface area (Å²) in [7, 11) is 0. The molecule has 0 radical (unpaired) electrons. The third-order valence-corrected chi connectivity index (χ3v) is 4.31. The van der Waals surface area contributed by atoms with Gasteiger partial charge in [-0.25, -0.2) is 0 Å². The average molecular weight is 342 g/mol. The molecule has 0 spiro atoms. The van der Waals surface area contributed by atoms with Crippen LogP contribution in [0.25, 0.3) is 6.08 Å². The Bertz CT molecular complexity index is 540. The van der Waals surface area contributed by atoms with Gasteiger partial charge in [0, 0.05) is 10.5 Å². The van der Waals surface area contributed by atoms with Gasteiger partial charge in [-0.05, 0) is 37.6 Å². The second kappa shape index (κ2) is 5.55. The number of hydrogen-bond donors (Lipinski definition) is 0. The average Bonchev–Trinajstić information content (AvgIpc) is 2.54. The number of carbonyl (C=O) groups excluding carboxylic acids is 1. The molecule has 5 heteroatoms. The lowest BCUT2D eigenvalue weighted by Crippen LogP contribution is -2.34. The van der Waals surface area contributed by atoms with E-state index in [2.05, 4.69) is 15.9 Å². The molecule has 0 saturated carbocycles. The normalized spacial score (nSPS) is 18.2. The van der Waals surface area contributed by atoms with Crippen LogP contribution in [0, 0.1) is 0 Å². The molecule has 18 heavy (non-hydrogen) atoms. The van der Waals surface area contributed by atoms with Gasteiger partial charge in [0.25, 0.3) is 5.91 Å². The Morgan fingerprint density at radius 1 is 1.44 bits per heavy atom. The molecular weight excluding hydrogens is 330 g/mol. The number of halogens is 1. The minimum absolute atomic E-state index is 0.0000227. The Balaban J connectivity index is 2.31. The Hall–Kier alpha value is -0.650. The maximum atomic E-state index is 12.2. The van der Waals surface area contributed by atoms with Crippen molar-refractivity contribution < 1.29 is 4.79 Å². The van der Waals surface area contributed by atoms with Crippen molar-refractivity contribution in [2.24, 2.45) is 0 Å². The molecule has 1 aliphatic heterocycles. The molecule has 1 fully saturated rings. The molecule has 0 bridgehead atoms. The number of rotatable bonds is 2. The molecule has 2 nitrogen and oxygen atoms in total. The predicted octanol–water partition coefficient (Wildman–Crippen LogP) is 4.06. The summed E-state index contributed by atoms with van der Waals surface area (Å²) >= 11 is 10.0. The molecular formula is C13H12BrNOS2. The number of carbonyl (C=O) groups is 1. The van der Waals surface area contributed by atoms with Gasteiger partial charge < -0.3 is 0 Å². The van der Waals surface area contributed by atoms with Gasteiger partial charge in [0.1, 0.15) is 4.32 Å². The summed E-state index contributed by atoms with van der Waals surface area (Å²) in [6, 6.07) is 7.94. The van der Waals surface area contributed by atoms with Crippen molar-refractivity contribution in [3.8, 4) is 0 Å². The largest absolute Gasteiger partial charge is 0.290 e. The number of thiocarbonyl (C=S) groups is 1. The van der Waals surface area contributed by atoms with E-state index in [1.807, 2.05) is 44.2 Å². The molecule has 1 aromatic rings. The molecule has 1 saturated heterocycles. The minimum atomic E-state index is -0.0000227. The molecule has 1 amide bonds. The Morgan fingerprint density at radius 2 is 2.17 bits per heavy atom. The van der Waals surface area contributed by atoms with Crippen LogP contribution in [0.3, 0.4) is 0 Å². The van der Waals surface area contributed by atoms with Crippen LogP contribution in [-0.4, -0.2) is 21.2 Å². The van der Waals surface area contributed by atoms with E-state index < -0.39 is 0 Å². The molecule has 0 N–H and O–H groups in total. The van der Waals surface area contributed by atoms with Crippen molar-refractivity contribution >= 4 is 56.2 Å². The van der Waals surface area contributed by atoms with Gasteiger partial charge in [0.05, 0.1) is 4.91 Å². The van der Waals surface area contributed by atoms with Crippen molar-refractivity contribution in [3.05, 3.63) is 39.2 Å². The van der Waals surface area contributed by atoms with Crippen molar-refractivity contribution in [1.82, 2.24) is 4.90 Å². The van der Waals surface area contributed by atoms with E-state index in [0.29, 0.717) is 9.23 Å². The fourth-order valence-corrected chi connectivity index (χ4v) is 3.61. The Labute approximate surface area is 125 Å². The summed E-state index contributed by atoms with van der Waals surface area (Å²) in [6.45, 7) is 3.93. The topological polar surface area (TPSA) is 20.3 Å². The second-order valence-electron chi connectivity index (χ2n) is 4.20. The first-order chi connectivity index (χ1) is 8.49. The fourth-order valence-electron chi connectivity index (χ4n) is 1.67. The molecule has 0 aromatic heterocycles. The molecule has 0 unspecified atom stereocenters. The van der Waals surface area contributed by atoms with E-state index in [9.17, 15) is 4.79 Å². The second-order valence-corrected chi connectivity index (χ2v) is 6.79. The zero-order valence-corrected chi connectivity index (χ0v) is 13.2. The van der Waals surface area contributed by atoms with Crippen molar-refractivity contribution in [1.29, 1.82) is 0 Å². The maximum Gasteiger partial charge on any atom is 0.266 e. The van der Waals surface area contributed by atoms with Crippen molar-refractivity contribution in [2.45, 2.75) is 19.9 Å². The van der Waals surface area contributed by atoms with Crippen LogP contribution < -0.4 is 0 Å². The summed E-state index contributed by atoms with van der Waals surface area (Å²) in [4.78, 5) is 14.5. The maximum absolute atomic E-state index is 12.2. The van der Waals surface area contributed by atoms with Crippen LogP contribution in [-0.2, 0) is 4.79 Å². The van der Waals surface area contributed by atoms with Crippen LogP contribution in [0.15, 0.2) is 33.6 Å². The SMILES string of the molecule is CC(C)N1C(=O)/C(=C/c2cccc(Br)c2)SC1=S. The summed E-state index contributed by atoms with van der Waals surface area (Å²) in [5, 5.41) is 0. The first-order valence-electron chi connectivity index (χ1n) is 5.51. The first-order valence-corrected chi connectivity index (χ1v) is 7.53. The number of amides is 1.